The van der Waals surface area contributed by atoms with Crippen LogP contribution in [0.4, 0.5) is 5.69 Å². The number of carbonyl (C=O) groups excluding carboxylic acids is 4. The molecule has 0 radical (unpaired) electrons. The summed E-state index contributed by atoms with van der Waals surface area (Å²) >= 11 is 1.45. The largest absolute Gasteiger partial charge is 0.378 e. The molecule has 8 nitrogen and oxygen atoms in total. The van der Waals surface area contributed by atoms with Crippen molar-refractivity contribution in [3.63, 3.8) is 0 Å². The van der Waals surface area contributed by atoms with Crippen molar-refractivity contribution in [3.8, 4) is 0 Å². The first-order valence-electron chi connectivity index (χ1n) is 11.1. The van der Waals surface area contributed by atoms with E-state index >= 15 is 0 Å². The summed E-state index contributed by atoms with van der Waals surface area (Å²) in [5, 5.41) is 7.07. The van der Waals surface area contributed by atoms with Gasteiger partial charge in [-0.2, -0.15) is 0 Å². The van der Waals surface area contributed by atoms with Gasteiger partial charge in [-0.15, -0.1) is 11.3 Å². The minimum atomic E-state index is -0.623. The monoisotopic (exact) mass is 468 g/mol. The Morgan fingerprint density at radius 1 is 1.21 bits per heavy atom. The van der Waals surface area contributed by atoms with E-state index in [9.17, 15) is 19.2 Å². The molecule has 1 saturated heterocycles. The van der Waals surface area contributed by atoms with Crippen molar-refractivity contribution < 1.29 is 19.2 Å². The summed E-state index contributed by atoms with van der Waals surface area (Å²) in [5.74, 6) is -0.923. The van der Waals surface area contributed by atoms with E-state index in [-0.39, 0.29) is 24.1 Å². The molecule has 1 unspecified atom stereocenters. The van der Waals surface area contributed by atoms with Gasteiger partial charge in [-0.05, 0) is 42.5 Å². The first-order valence-corrected chi connectivity index (χ1v) is 12.0. The van der Waals surface area contributed by atoms with Gasteiger partial charge in [-0.25, -0.2) is 0 Å². The van der Waals surface area contributed by atoms with E-state index in [0.717, 1.165) is 29.0 Å². The van der Waals surface area contributed by atoms with Crippen LogP contribution in [0.1, 0.15) is 52.0 Å². The molecule has 4 rings (SSSR count). The van der Waals surface area contributed by atoms with Crippen LogP contribution < -0.4 is 15.5 Å². The zero-order valence-electron chi connectivity index (χ0n) is 18.8. The second-order valence-corrected chi connectivity index (χ2v) is 9.61. The number of hydrogen-bond acceptors (Lipinski definition) is 6. The Kier molecular flexibility index (Phi) is 6.78. The zero-order valence-corrected chi connectivity index (χ0v) is 19.7. The molecule has 0 bridgehead atoms. The SMILES string of the molecule is CN(C)c1ccc(CCCC(=O)NCc2scc3c2CN(C2CCC(=O)NC2=O)C3=O)cc1. The molecule has 2 N–H and O–H groups in total. The number of fused-ring (bicyclic) bond motifs is 1. The van der Waals surface area contributed by atoms with E-state index in [0.29, 0.717) is 31.5 Å². The maximum Gasteiger partial charge on any atom is 0.256 e. The predicted octanol–water partition coefficient (Wildman–Crippen LogP) is 2.21. The normalized spacial score (nSPS) is 17.7. The number of piperidine rings is 1. The maximum atomic E-state index is 12.8. The Morgan fingerprint density at radius 2 is 1.97 bits per heavy atom. The summed E-state index contributed by atoms with van der Waals surface area (Å²) in [6.45, 7) is 0.699. The lowest BCUT2D eigenvalue weighted by atomic mass is 10.0. The topological polar surface area (TPSA) is 98.8 Å². The van der Waals surface area contributed by atoms with Crippen molar-refractivity contribution in [2.75, 3.05) is 19.0 Å². The highest BCUT2D eigenvalue weighted by Crippen LogP contribution is 2.33. The molecule has 9 heteroatoms. The fourth-order valence-electron chi connectivity index (χ4n) is 4.23. The van der Waals surface area contributed by atoms with E-state index in [1.165, 1.54) is 21.8 Å². The van der Waals surface area contributed by atoms with Crippen molar-refractivity contribution in [1.29, 1.82) is 0 Å². The number of rotatable bonds is 8. The number of aryl methyl sites for hydroxylation is 1. The van der Waals surface area contributed by atoms with Gasteiger partial charge in [0.25, 0.3) is 5.91 Å². The average Bonchev–Trinajstić information content (AvgIpc) is 3.33. The summed E-state index contributed by atoms with van der Waals surface area (Å²) in [5.41, 5.74) is 3.82. The summed E-state index contributed by atoms with van der Waals surface area (Å²) in [7, 11) is 4.01. The van der Waals surface area contributed by atoms with Crippen LogP contribution in [-0.4, -0.2) is 48.7 Å². The number of benzene rings is 1. The number of nitrogens with one attached hydrogen (secondary N) is 2. The Morgan fingerprint density at radius 3 is 2.67 bits per heavy atom. The van der Waals surface area contributed by atoms with Gasteiger partial charge in [0.15, 0.2) is 0 Å². The minimum absolute atomic E-state index is 0.0200. The van der Waals surface area contributed by atoms with Gasteiger partial charge < -0.3 is 15.1 Å². The Balaban J connectivity index is 1.26. The molecule has 2 aliphatic heterocycles. The molecule has 0 spiro atoms. The number of thiophene rings is 1. The zero-order chi connectivity index (χ0) is 23.5. The third-order valence-corrected chi connectivity index (χ3v) is 7.18. The van der Waals surface area contributed by atoms with Gasteiger partial charge in [0.05, 0.1) is 12.1 Å². The lowest BCUT2D eigenvalue weighted by Gasteiger charge is -2.29. The average molecular weight is 469 g/mol. The van der Waals surface area contributed by atoms with E-state index in [1.54, 1.807) is 5.38 Å². The number of carbonyl (C=O) groups is 4. The lowest BCUT2D eigenvalue weighted by Crippen LogP contribution is -2.52. The van der Waals surface area contributed by atoms with Crippen molar-refractivity contribution >= 4 is 40.7 Å². The van der Waals surface area contributed by atoms with Crippen LogP contribution in [0.15, 0.2) is 29.6 Å². The standard InChI is InChI=1S/C24H28N4O4S/c1-27(2)16-8-6-15(7-9-16)4-3-5-21(29)25-12-20-17-13-28(24(32)18(17)14-33-20)19-10-11-22(30)26-23(19)31/h6-9,14,19H,3-5,10-13H2,1-2H3,(H,25,29)(H,26,30,31). The number of hydrogen-bond donors (Lipinski definition) is 2. The fourth-order valence-corrected chi connectivity index (χ4v) is 5.21. The molecule has 3 heterocycles. The molecular formula is C24H28N4O4S. The van der Waals surface area contributed by atoms with Crippen molar-refractivity contribution in [2.45, 2.75) is 51.2 Å². The van der Waals surface area contributed by atoms with Crippen LogP contribution in [0.5, 0.6) is 0 Å². The summed E-state index contributed by atoms with van der Waals surface area (Å²) in [6, 6.07) is 7.71. The van der Waals surface area contributed by atoms with Gasteiger partial charge >= 0.3 is 0 Å². The smallest absolute Gasteiger partial charge is 0.256 e. The number of anilines is 1. The molecule has 1 atom stereocenters. The van der Waals surface area contributed by atoms with Crippen LogP contribution >= 0.6 is 11.3 Å². The quantitative estimate of drug-likeness (QED) is 0.579. The molecule has 174 valence electrons. The summed E-state index contributed by atoms with van der Waals surface area (Å²) < 4.78 is 0. The minimum Gasteiger partial charge on any atom is -0.378 e. The molecule has 1 aromatic heterocycles. The first-order chi connectivity index (χ1) is 15.8. The predicted molar refractivity (Wildman–Crippen MR) is 126 cm³/mol. The second-order valence-electron chi connectivity index (χ2n) is 8.64. The lowest BCUT2D eigenvalue weighted by molar-refractivity contribution is -0.137. The molecule has 2 aliphatic rings. The highest BCUT2D eigenvalue weighted by molar-refractivity contribution is 7.10. The van der Waals surface area contributed by atoms with Crippen LogP contribution in [0.2, 0.25) is 0 Å². The third kappa shape index (κ3) is 5.08. The van der Waals surface area contributed by atoms with Crippen molar-refractivity contribution in [3.05, 3.63) is 51.2 Å². The van der Waals surface area contributed by atoms with Gasteiger partial charge in [-0.3, -0.25) is 24.5 Å². The van der Waals surface area contributed by atoms with Gasteiger partial charge in [0, 0.05) is 49.4 Å². The van der Waals surface area contributed by atoms with Crippen LogP contribution in [0, 0.1) is 0 Å². The Bertz CT molecular complexity index is 1080. The van der Waals surface area contributed by atoms with Crippen molar-refractivity contribution in [1.82, 2.24) is 15.5 Å². The highest BCUT2D eigenvalue weighted by Gasteiger charge is 2.40. The van der Waals surface area contributed by atoms with E-state index in [2.05, 4.69) is 39.8 Å². The van der Waals surface area contributed by atoms with Crippen LogP contribution in [0.3, 0.4) is 0 Å². The Hall–Kier alpha value is -3.20. The number of nitrogens with zero attached hydrogens (tertiary/aromatic N) is 2. The molecular weight excluding hydrogens is 440 g/mol. The van der Waals surface area contributed by atoms with Crippen LogP contribution in [0.25, 0.3) is 0 Å². The molecule has 1 aromatic carbocycles. The Labute approximate surface area is 196 Å². The van der Waals surface area contributed by atoms with Crippen molar-refractivity contribution in [2.24, 2.45) is 0 Å². The molecule has 1 fully saturated rings. The highest BCUT2D eigenvalue weighted by atomic mass is 32.1. The van der Waals surface area contributed by atoms with Gasteiger partial charge in [0.2, 0.25) is 17.7 Å². The number of imide groups is 1. The number of amides is 4. The molecule has 0 aliphatic carbocycles. The fraction of sp³-hybridized carbons (Fsp3) is 0.417. The van der Waals surface area contributed by atoms with E-state index in [4.69, 9.17) is 0 Å². The van der Waals surface area contributed by atoms with Crippen LogP contribution in [-0.2, 0) is 33.9 Å². The molecule has 0 saturated carbocycles. The maximum absolute atomic E-state index is 12.8. The second kappa shape index (κ2) is 9.74. The third-order valence-electron chi connectivity index (χ3n) is 6.15. The molecule has 2 aromatic rings. The first kappa shape index (κ1) is 23.0. The summed E-state index contributed by atoms with van der Waals surface area (Å²) in [4.78, 5) is 53.2. The van der Waals surface area contributed by atoms with Gasteiger partial charge in [-0.1, -0.05) is 12.1 Å². The van der Waals surface area contributed by atoms with Gasteiger partial charge in [0.1, 0.15) is 6.04 Å². The summed E-state index contributed by atoms with van der Waals surface area (Å²) in [6.07, 6.45) is 2.61. The molecule has 4 amide bonds. The molecule has 33 heavy (non-hydrogen) atoms. The van der Waals surface area contributed by atoms with E-state index in [1.807, 2.05) is 14.1 Å². The van der Waals surface area contributed by atoms with E-state index < -0.39 is 11.9 Å².